The van der Waals surface area contributed by atoms with Crippen LogP contribution in [0.15, 0.2) is 53.4 Å². The summed E-state index contributed by atoms with van der Waals surface area (Å²) in [6.07, 6.45) is 2.88. The van der Waals surface area contributed by atoms with E-state index in [0.29, 0.717) is 13.1 Å². The summed E-state index contributed by atoms with van der Waals surface area (Å²) in [4.78, 5) is 30.1. The number of hydrogen-bond donors (Lipinski definition) is 0. The zero-order valence-electron chi connectivity index (χ0n) is 28.8. The predicted octanol–water partition coefficient (Wildman–Crippen LogP) is 4.47. The maximum Gasteiger partial charge on any atom is 1.00 e. The van der Waals surface area contributed by atoms with E-state index in [-0.39, 0.29) is 82.2 Å². The number of aryl methyl sites for hydroxylation is 1. The number of benzene rings is 2. The van der Waals surface area contributed by atoms with Crippen LogP contribution in [0.2, 0.25) is 0 Å². The molecule has 1 fully saturated rings. The fraction of sp³-hybridized carbons (Fsp3) is 0.412. The Morgan fingerprint density at radius 2 is 1.64 bits per heavy atom. The molecule has 2 aliphatic heterocycles. The zero-order chi connectivity index (χ0) is 31.5. The smallest absolute Gasteiger partial charge is 0.535 e. The summed E-state index contributed by atoms with van der Waals surface area (Å²) in [6.45, 7) is 18.7. The molecule has 0 spiro atoms. The first-order valence-corrected chi connectivity index (χ1v) is 17.1. The predicted molar refractivity (Wildman–Crippen MR) is 194 cm³/mol. The van der Waals surface area contributed by atoms with Crippen molar-refractivity contribution in [2.75, 3.05) is 71.6 Å². The fourth-order valence-electron chi connectivity index (χ4n) is 4.90. The molecule has 3 aromatic rings. The number of carbonyl (C=O) groups excluding carboxylic acids is 1. The molecule has 242 valence electrons. The Bertz CT molecular complexity index is 1340. The molecule has 0 aliphatic carbocycles. The Hall–Kier alpha value is -0.898. The first-order chi connectivity index (χ1) is 20.9. The molecule has 0 unspecified atom stereocenters. The molecule has 0 N–H and O–H groups in total. The number of aromatic nitrogens is 2. The second-order valence-electron chi connectivity index (χ2n) is 9.63. The Morgan fingerprint density at radius 1 is 0.978 bits per heavy atom. The Labute approximate surface area is 340 Å². The first kappa shape index (κ1) is 42.1. The topological polar surface area (TPSA) is 59.1 Å². The van der Waals surface area contributed by atoms with E-state index in [1.807, 2.05) is 87.5 Å². The van der Waals surface area contributed by atoms with E-state index in [0.717, 1.165) is 67.0 Å². The number of nitrogens with zero attached hydrogens (tertiary/aromatic N) is 7. The van der Waals surface area contributed by atoms with Crippen molar-refractivity contribution in [2.24, 2.45) is 0 Å². The van der Waals surface area contributed by atoms with E-state index < -0.39 is 0 Å². The van der Waals surface area contributed by atoms with Gasteiger partial charge in [-0.3, -0.25) is 11.8 Å². The van der Waals surface area contributed by atoms with Crippen LogP contribution < -0.4 is 87.9 Å². The van der Waals surface area contributed by atoms with Gasteiger partial charge in [0.2, 0.25) is 5.95 Å². The van der Waals surface area contributed by atoms with Gasteiger partial charge in [-0.2, -0.15) is 4.98 Å². The van der Waals surface area contributed by atoms with Crippen molar-refractivity contribution in [3.8, 4) is 0 Å². The number of anilines is 4. The van der Waals surface area contributed by atoms with Gasteiger partial charge >= 0.3 is 68.9 Å². The van der Waals surface area contributed by atoms with Crippen molar-refractivity contribution >= 4 is 52.9 Å². The minimum absolute atomic E-state index is 0. The summed E-state index contributed by atoms with van der Waals surface area (Å²) in [5, 5.41) is 0. The van der Waals surface area contributed by atoms with Crippen LogP contribution in [0.5, 0.6) is 0 Å². The van der Waals surface area contributed by atoms with Crippen LogP contribution in [0.4, 0.5) is 23.1 Å². The van der Waals surface area contributed by atoms with E-state index in [1.165, 1.54) is 10.5 Å². The summed E-state index contributed by atoms with van der Waals surface area (Å²) in [6, 6.07) is 16.3. The number of para-hydroxylation sites is 1. The monoisotopic (exact) mass is 769 g/mol. The van der Waals surface area contributed by atoms with E-state index in [9.17, 15) is 4.79 Å². The third kappa shape index (κ3) is 10.8. The van der Waals surface area contributed by atoms with Gasteiger partial charge in [-0.25, -0.2) is 9.29 Å². The Morgan fingerprint density at radius 3 is 2.29 bits per heavy atom. The molecule has 0 saturated carbocycles. The molecule has 1 amide bonds. The van der Waals surface area contributed by atoms with Crippen LogP contribution in [0.1, 0.15) is 49.3 Å². The maximum absolute atomic E-state index is 13.5. The SMILES string of the molecule is CC.CC.[CH2-]CN([CH2-])c1cc(C)nc(N2CCN(Sc3ccc4c(c3)CCN4C(=O)c3ccccc3N(C)SC)CC2)n1.[CH3-].[Cs+]. The normalized spacial score (nSPS) is 13.6. The van der Waals surface area contributed by atoms with Gasteiger partial charge in [0.1, 0.15) is 5.82 Å². The molecular weight excluding hydrogens is 719 g/mol. The molecule has 45 heavy (non-hydrogen) atoms. The summed E-state index contributed by atoms with van der Waals surface area (Å²) in [7, 11) is 6.00. The van der Waals surface area contributed by atoms with Gasteiger partial charge in [-0.05, 0) is 67.3 Å². The van der Waals surface area contributed by atoms with Crippen LogP contribution in [-0.2, 0) is 6.42 Å². The fourth-order valence-corrected chi connectivity index (χ4v) is 6.23. The van der Waals surface area contributed by atoms with Gasteiger partial charge in [-0.1, -0.05) is 51.8 Å². The van der Waals surface area contributed by atoms with Crippen molar-refractivity contribution in [1.29, 1.82) is 0 Å². The molecule has 1 aromatic heterocycles. The Balaban J connectivity index is 0.00000162. The number of carbonyl (C=O) groups is 1. The molecule has 2 aliphatic rings. The number of piperazine rings is 1. The molecule has 11 heteroatoms. The van der Waals surface area contributed by atoms with Crippen molar-refractivity contribution in [1.82, 2.24) is 14.3 Å². The van der Waals surface area contributed by atoms with Crippen molar-refractivity contribution < 1.29 is 73.7 Å². The standard InChI is InChI=1S/C29H35N7OS2.2C2H6.CH3.Cs/c1-6-32(3)27-19-21(2)30-29(31-27)34-15-17-35(18-16-34)39-23-11-12-25-22(20-23)13-14-36(25)28(37)24-9-7-8-10-26(24)33(4)38-5;2*1-2;;/h7-12,19-20H,1,3,6,13-18H2,2,4-5H3;2*1-2H3;1H3;/q-2;;;-1;+1. The second kappa shape index (κ2) is 21.2. The number of amides is 1. The second-order valence-corrected chi connectivity index (χ2v) is 11.7. The molecule has 8 nitrogen and oxygen atoms in total. The number of fused-ring (bicyclic) bond motifs is 1. The van der Waals surface area contributed by atoms with E-state index in [1.54, 1.807) is 28.8 Å². The Kier molecular flexibility index (Phi) is 19.8. The van der Waals surface area contributed by atoms with E-state index in [4.69, 9.17) is 4.98 Å². The van der Waals surface area contributed by atoms with Crippen molar-refractivity contribution in [3.63, 3.8) is 0 Å². The largest absolute Gasteiger partial charge is 1.00 e. The van der Waals surface area contributed by atoms with Gasteiger partial charge in [0.15, 0.2) is 0 Å². The average Bonchev–Trinajstić information content (AvgIpc) is 3.49. The van der Waals surface area contributed by atoms with Gasteiger partial charge in [0, 0.05) is 62.3 Å². The minimum Gasteiger partial charge on any atom is -0.535 e. The zero-order valence-corrected chi connectivity index (χ0v) is 36.8. The van der Waals surface area contributed by atoms with Crippen molar-refractivity contribution in [2.45, 2.75) is 45.9 Å². The molecule has 5 rings (SSSR count). The summed E-state index contributed by atoms with van der Waals surface area (Å²) in [5.41, 5.74) is 4.85. The van der Waals surface area contributed by atoms with Crippen LogP contribution in [0, 0.1) is 28.3 Å². The quantitative estimate of drug-likeness (QED) is 0.244. The van der Waals surface area contributed by atoms with E-state index >= 15 is 0 Å². The van der Waals surface area contributed by atoms with Gasteiger partial charge in [0.25, 0.3) is 5.91 Å². The molecular formula is C34H50CsN7OS2-2. The molecule has 1 saturated heterocycles. The minimum atomic E-state index is 0. The molecule has 0 atom stereocenters. The van der Waals surface area contributed by atoms with Gasteiger partial charge in [-0.15, -0.1) is 6.54 Å². The molecule has 3 heterocycles. The van der Waals surface area contributed by atoms with Crippen molar-refractivity contribution in [3.05, 3.63) is 86.7 Å². The number of rotatable bonds is 8. The summed E-state index contributed by atoms with van der Waals surface area (Å²) < 4.78 is 4.43. The van der Waals surface area contributed by atoms with Crippen LogP contribution in [-0.4, -0.2) is 72.8 Å². The average molecular weight is 770 g/mol. The van der Waals surface area contributed by atoms with Gasteiger partial charge < -0.3 is 33.4 Å². The molecule has 0 bridgehead atoms. The summed E-state index contributed by atoms with van der Waals surface area (Å²) in [5.74, 6) is 1.61. The first-order valence-electron chi connectivity index (χ1n) is 15.1. The molecule has 2 aromatic carbocycles. The van der Waals surface area contributed by atoms with Gasteiger partial charge in [0.05, 0.1) is 11.3 Å². The summed E-state index contributed by atoms with van der Waals surface area (Å²) >= 11 is 3.38. The van der Waals surface area contributed by atoms with Crippen LogP contribution in [0.25, 0.3) is 0 Å². The third-order valence-electron chi connectivity index (χ3n) is 7.12. The van der Waals surface area contributed by atoms with E-state index in [2.05, 4.69) is 46.4 Å². The third-order valence-corrected chi connectivity index (χ3v) is 8.95. The van der Waals surface area contributed by atoms with Crippen LogP contribution in [0.3, 0.4) is 0 Å². The maximum atomic E-state index is 13.5. The molecule has 0 radical (unpaired) electrons. The number of hydrogen-bond acceptors (Lipinski definition) is 9. The van der Waals surface area contributed by atoms with Crippen LogP contribution >= 0.6 is 23.9 Å².